The number of nitrogens with zero attached hydrogens (tertiary/aromatic N) is 1. The second-order valence-corrected chi connectivity index (χ2v) is 3.10. The van der Waals surface area contributed by atoms with Crippen molar-refractivity contribution in [2.24, 2.45) is 10.8 Å². The zero-order chi connectivity index (χ0) is 11.4. The lowest BCUT2D eigenvalue weighted by atomic mass is 10.2. The predicted octanol–water partition coefficient (Wildman–Crippen LogP) is -1.38. The van der Waals surface area contributed by atoms with E-state index in [0.717, 1.165) is 0 Å². The molecule has 0 bridgehead atoms. The molecule has 80 valence electrons. The normalized spacial score (nSPS) is 11.1. The van der Waals surface area contributed by atoms with Gasteiger partial charge in [0, 0.05) is 6.20 Å². The summed E-state index contributed by atoms with van der Waals surface area (Å²) in [5, 5.41) is 3.74. The highest BCUT2D eigenvalue weighted by molar-refractivity contribution is 7.80. The van der Waals surface area contributed by atoms with E-state index in [0.29, 0.717) is 5.71 Å². The Bertz CT molecular complexity index is 515. The first kappa shape index (κ1) is 11.1. The van der Waals surface area contributed by atoms with Crippen LogP contribution < -0.4 is 22.4 Å². The summed E-state index contributed by atoms with van der Waals surface area (Å²) in [6.07, 6.45) is 1.27. The van der Waals surface area contributed by atoms with Crippen LogP contribution in [0.5, 0.6) is 0 Å². The first-order chi connectivity index (χ1) is 7.00. The van der Waals surface area contributed by atoms with E-state index in [9.17, 15) is 9.59 Å². The Labute approximate surface area is 89.4 Å². The van der Waals surface area contributed by atoms with Crippen LogP contribution in [0.1, 0.15) is 12.5 Å². The second-order valence-electron chi connectivity index (χ2n) is 2.66. The van der Waals surface area contributed by atoms with Crippen molar-refractivity contribution in [2.45, 2.75) is 6.92 Å². The molecule has 0 amide bonds. The minimum Gasteiger partial charge on any atom is -0.375 e. The molecular formula is C7H9N5O2S. The Kier molecular flexibility index (Phi) is 3.34. The van der Waals surface area contributed by atoms with Crippen LogP contribution in [0.4, 0.5) is 0 Å². The van der Waals surface area contributed by atoms with Crippen molar-refractivity contribution in [3.8, 4) is 0 Å². The monoisotopic (exact) mass is 227 g/mol. The molecule has 0 aliphatic heterocycles. The highest BCUT2D eigenvalue weighted by atomic mass is 32.1. The van der Waals surface area contributed by atoms with E-state index < -0.39 is 11.2 Å². The van der Waals surface area contributed by atoms with Crippen LogP contribution in [0.15, 0.2) is 20.9 Å². The molecule has 8 heteroatoms. The van der Waals surface area contributed by atoms with E-state index in [4.69, 9.17) is 5.73 Å². The fourth-order valence-electron chi connectivity index (χ4n) is 0.878. The number of hydrazone groups is 1. The van der Waals surface area contributed by atoms with Gasteiger partial charge < -0.3 is 10.7 Å². The molecule has 0 spiro atoms. The molecule has 7 nitrogen and oxygen atoms in total. The molecule has 1 rings (SSSR count). The van der Waals surface area contributed by atoms with Gasteiger partial charge in [0.15, 0.2) is 5.11 Å². The Morgan fingerprint density at radius 2 is 2.27 bits per heavy atom. The molecule has 1 aromatic heterocycles. The molecular weight excluding hydrogens is 218 g/mol. The third-order valence-corrected chi connectivity index (χ3v) is 1.63. The number of hydrogen-bond donors (Lipinski definition) is 4. The summed E-state index contributed by atoms with van der Waals surface area (Å²) in [5.41, 5.74) is 6.99. The molecule has 0 saturated heterocycles. The number of aromatic amines is 2. The van der Waals surface area contributed by atoms with E-state index >= 15 is 0 Å². The largest absolute Gasteiger partial charge is 0.375 e. The SMILES string of the molecule is C/C(=N\NC(N)=S)c1c[nH]c(=O)[nH]c1=O. The minimum absolute atomic E-state index is 0.00444. The van der Waals surface area contributed by atoms with Crippen molar-refractivity contribution in [3.63, 3.8) is 0 Å². The van der Waals surface area contributed by atoms with Crippen molar-refractivity contribution in [3.05, 3.63) is 32.6 Å². The number of aromatic nitrogens is 2. The van der Waals surface area contributed by atoms with Crippen LogP contribution in [0.3, 0.4) is 0 Å². The van der Waals surface area contributed by atoms with Crippen molar-refractivity contribution < 1.29 is 0 Å². The summed E-state index contributed by atoms with van der Waals surface area (Å²) in [6, 6.07) is 0. The Hall–Kier alpha value is -1.96. The number of H-pyrrole nitrogens is 2. The number of nitrogens with two attached hydrogens (primary N) is 1. The molecule has 0 atom stereocenters. The van der Waals surface area contributed by atoms with E-state index in [-0.39, 0.29) is 10.7 Å². The zero-order valence-corrected chi connectivity index (χ0v) is 8.64. The summed E-state index contributed by atoms with van der Waals surface area (Å²) in [6.45, 7) is 1.58. The highest BCUT2D eigenvalue weighted by Gasteiger charge is 2.03. The van der Waals surface area contributed by atoms with Gasteiger partial charge in [-0.3, -0.25) is 15.2 Å². The summed E-state index contributed by atoms with van der Waals surface area (Å²) in [5.74, 6) is 0. The quantitative estimate of drug-likeness (QED) is 0.282. The Morgan fingerprint density at radius 3 is 2.80 bits per heavy atom. The van der Waals surface area contributed by atoms with Gasteiger partial charge in [0.2, 0.25) is 0 Å². The molecule has 0 aliphatic carbocycles. The van der Waals surface area contributed by atoms with Crippen LogP contribution in [0, 0.1) is 0 Å². The standard InChI is InChI=1S/C7H9N5O2S/c1-3(11-12-6(8)15)4-2-9-7(14)10-5(4)13/h2H,1H3,(H3,8,12,15)(H2,9,10,13,14)/b11-3+. The average molecular weight is 227 g/mol. The van der Waals surface area contributed by atoms with Gasteiger partial charge in [0.05, 0.1) is 11.3 Å². The first-order valence-electron chi connectivity index (χ1n) is 3.93. The van der Waals surface area contributed by atoms with Gasteiger partial charge in [-0.2, -0.15) is 5.10 Å². The summed E-state index contributed by atoms with van der Waals surface area (Å²) in [4.78, 5) is 26.4. The fraction of sp³-hybridized carbons (Fsp3) is 0.143. The van der Waals surface area contributed by atoms with Gasteiger partial charge in [-0.1, -0.05) is 0 Å². The Balaban J connectivity index is 3.06. The van der Waals surface area contributed by atoms with Crippen LogP contribution in [-0.2, 0) is 0 Å². The van der Waals surface area contributed by atoms with Crippen LogP contribution in [-0.4, -0.2) is 20.8 Å². The van der Waals surface area contributed by atoms with Crippen LogP contribution in [0.25, 0.3) is 0 Å². The molecule has 5 N–H and O–H groups in total. The lowest BCUT2D eigenvalue weighted by Gasteiger charge is -1.99. The van der Waals surface area contributed by atoms with E-state index in [1.165, 1.54) is 6.20 Å². The molecule has 0 aromatic carbocycles. The maximum atomic E-state index is 11.3. The molecule has 15 heavy (non-hydrogen) atoms. The maximum absolute atomic E-state index is 11.3. The third kappa shape index (κ3) is 3.02. The molecule has 1 aromatic rings. The van der Waals surface area contributed by atoms with E-state index in [1.54, 1.807) is 6.92 Å². The lowest BCUT2D eigenvalue weighted by molar-refractivity contribution is 1.00. The van der Waals surface area contributed by atoms with Gasteiger partial charge in [-0.05, 0) is 19.1 Å². The lowest BCUT2D eigenvalue weighted by Crippen LogP contribution is -2.29. The number of rotatable bonds is 2. The third-order valence-electron chi connectivity index (χ3n) is 1.54. The number of hydrogen-bond acceptors (Lipinski definition) is 4. The smallest absolute Gasteiger partial charge is 0.325 e. The van der Waals surface area contributed by atoms with Crippen molar-refractivity contribution in [1.29, 1.82) is 0 Å². The first-order valence-corrected chi connectivity index (χ1v) is 4.33. The van der Waals surface area contributed by atoms with Gasteiger partial charge in [0.25, 0.3) is 5.56 Å². The second kappa shape index (κ2) is 4.51. The number of nitrogens with one attached hydrogen (secondary N) is 3. The van der Waals surface area contributed by atoms with Crippen molar-refractivity contribution in [2.75, 3.05) is 0 Å². The van der Waals surface area contributed by atoms with Crippen LogP contribution in [0.2, 0.25) is 0 Å². The van der Waals surface area contributed by atoms with Crippen molar-refractivity contribution >= 4 is 23.0 Å². The summed E-state index contributed by atoms with van der Waals surface area (Å²) >= 11 is 4.53. The maximum Gasteiger partial charge on any atom is 0.325 e. The van der Waals surface area contributed by atoms with E-state index in [1.807, 2.05) is 0 Å². The van der Waals surface area contributed by atoms with Gasteiger partial charge >= 0.3 is 5.69 Å². The average Bonchev–Trinajstić information content (AvgIpc) is 2.14. The highest BCUT2D eigenvalue weighted by Crippen LogP contribution is 1.87. The minimum atomic E-state index is -0.571. The van der Waals surface area contributed by atoms with Gasteiger partial charge in [0.1, 0.15) is 0 Å². The van der Waals surface area contributed by atoms with Crippen molar-refractivity contribution in [1.82, 2.24) is 15.4 Å². The summed E-state index contributed by atoms with van der Waals surface area (Å²) in [7, 11) is 0. The zero-order valence-electron chi connectivity index (χ0n) is 7.83. The van der Waals surface area contributed by atoms with E-state index in [2.05, 4.69) is 32.7 Å². The topological polar surface area (TPSA) is 116 Å². The summed E-state index contributed by atoms with van der Waals surface area (Å²) < 4.78 is 0. The molecule has 0 fully saturated rings. The Morgan fingerprint density at radius 1 is 1.60 bits per heavy atom. The molecule has 1 heterocycles. The molecule has 0 saturated carbocycles. The number of thiocarbonyl (C=S) groups is 1. The molecule has 0 radical (unpaired) electrons. The predicted molar refractivity (Wildman–Crippen MR) is 59.8 cm³/mol. The van der Waals surface area contributed by atoms with Gasteiger partial charge in [-0.25, -0.2) is 4.79 Å². The fourth-order valence-corrected chi connectivity index (χ4v) is 0.923. The molecule has 0 aliphatic rings. The molecule has 0 unspecified atom stereocenters. The van der Waals surface area contributed by atoms with Gasteiger partial charge in [-0.15, -0.1) is 0 Å². The van der Waals surface area contributed by atoms with Crippen LogP contribution >= 0.6 is 12.2 Å².